The second kappa shape index (κ2) is 4.67. The number of rotatable bonds is 3. The third-order valence-electron chi connectivity index (χ3n) is 4.63. The third kappa shape index (κ3) is 1.88. The predicted molar refractivity (Wildman–Crippen MR) is 69.1 cm³/mol. The number of likely N-dealkylation sites (N-methyl/N-ethyl adjacent to an activating group) is 1. The Balaban J connectivity index is 1.62. The number of ether oxygens (including phenoxy) is 1. The minimum atomic E-state index is 0.161. The molecule has 1 amide bonds. The molecule has 1 heterocycles. The molecule has 0 spiro atoms. The lowest BCUT2D eigenvalue weighted by Crippen LogP contribution is -2.70. The van der Waals surface area contributed by atoms with Gasteiger partial charge in [-0.1, -0.05) is 12.2 Å². The largest absolute Gasteiger partial charge is 0.376 e. The van der Waals surface area contributed by atoms with E-state index in [0.717, 1.165) is 25.9 Å². The van der Waals surface area contributed by atoms with Gasteiger partial charge >= 0.3 is 0 Å². The minimum absolute atomic E-state index is 0.161. The van der Waals surface area contributed by atoms with Gasteiger partial charge in [0.1, 0.15) is 0 Å². The lowest BCUT2D eigenvalue weighted by molar-refractivity contribution is -0.131. The van der Waals surface area contributed by atoms with E-state index in [1.807, 2.05) is 0 Å². The monoisotopic (exact) mass is 250 g/mol. The number of allylic oxidation sites excluding steroid dienone is 2. The summed E-state index contributed by atoms with van der Waals surface area (Å²) in [7, 11) is 4.14. The van der Waals surface area contributed by atoms with Crippen molar-refractivity contribution >= 4 is 5.91 Å². The Labute approximate surface area is 108 Å². The molecule has 4 atom stereocenters. The zero-order chi connectivity index (χ0) is 12.7. The van der Waals surface area contributed by atoms with Crippen molar-refractivity contribution in [2.45, 2.75) is 37.5 Å². The van der Waals surface area contributed by atoms with Crippen LogP contribution >= 0.6 is 0 Å². The zero-order valence-corrected chi connectivity index (χ0v) is 11.1. The topological polar surface area (TPSA) is 41.6 Å². The SMILES string of the molecule is CN(C)[C@@H]1[C@@H](NC(=O)C2CC=CC2)[C@H]2CCO[C@H]21. The molecule has 3 rings (SSSR count). The molecule has 0 aromatic heterocycles. The average Bonchev–Trinajstić information content (AvgIpc) is 2.93. The van der Waals surface area contributed by atoms with E-state index in [4.69, 9.17) is 4.74 Å². The lowest BCUT2D eigenvalue weighted by Gasteiger charge is -2.51. The molecule has 1 aliphatic heterocycles. The summed E-state index contributed by atoms with van der Waals surface area (Å²) in [5.41, 5.74) is 0. The van der Waals surface area contributed by atoms with Crippen LogP contribution in [0.5, 0.6) is 0 Å². The highest BCUT2D eigenvalue weighted by Gasteiger charge is 2.55. The molecule has 18 heavy (non-hydrogen) atoms. The summed E-state index contributed by atoms with van der Waals surface area (Å²) in [6, 6.07) is 0.622. The minimum Gasteiger partial charge on any atom is -0.376 e. The van der Waals surface area contributed by atoms with Crippen molar-refractivity contribution in [3.63, 3.8) is 0 Å². The van der Waals surface area contributed by atoms with Crippen molar-refractivity contribution in [1.82, 2.24) is 10.2 Å². The number of hydrogen-bond donors (Lipinski definition) is 1. The Morgan fingerprint density at radius 1 is 1.33 bits per heavy atom. The van der Waals surface area contributed by atoms with Crippen molar-refractivity contribution in [3.8, 4) is 0 Å². The summed E-state index contributed by atoms with van der Waals surface area (Å²) >= 11 is 0. The van der Waals surface area contributed by atoms with Gasteiger partial charge in [-0.15, -0.1) is 0 Å². The molecule has 1 N–H and O–H groups in total. The standard InChI is InChI=1S/C14H22N2O2/c1-16(2)12-11(10-7-8-18-13(10)12)15-14(17)9-5-3-4-6-9/h3-4,9-13H,5-8H2,1-2H3,(H,15,17)/t10-,11+,12-,13-/m1/s1. The number of carbonyl (C=O) groups excluding carboxylic acids is 1. The quantitative estimate of drug-likeness (QED) is 0.753. The molecule has 0 radical (unpaired) electrons. The Hall–Kier alpha value is -0.870. The first kappa shape index (κ1) is 12.2. The van der Waals surface area contributed by atoms with Gasteiger partial charge in [0.25, 0.3) is 0 Å². The smallest absolute Gasteiger partial charge is 0.224 e. The second-order valence-corrected chi connectivity index (χ2v) is 5.92. The van der Waals surface area contributed by atoms with Gasteiger partial charge in [0.15, 0.2) is 0 Å². The van der Waals surface area contributed by atoms with Gasteiger partial charge < -0.3 is 15.0 Å². The molecule has 1 saturated heterocycles. The first-order valence-corrected chi connectivity index (χ1v) is 6.92. The Morgan fingerprint density at radius 2 is 2.06 bits per heavy atom. The van der Waals surface area contributed by atoms with Crippen LogP contribution in [0.2, 0.25) is 0 Å². The Kier molecular flexibility index (Phi) is 3.16. The molecule has 3 aliphatic rings. The molecular weight excluding hydrogens is 228 g/mol. The number of hydrogen-bond acceptors (Lipinski definition) is 3. The summed E-state index contributed by atoms with van der Waals surface area (Å²) in [4.78, 5) is 14.4. The van der Waals surface area contributed by atoms with E-state index in [1.165, 1.54) is 0 Å². The molecule has 4 heteroatoms. The molecule has 100 valence electrons. The normalized spacial score (nSPS) is 38.8. The van der Waals surface area contributed by atoms with Crippen LogP contribution in [0, 0.1) is 11.8 Å². The van der Waals surface area contributed by atoms with Crippen LogP contribution in [0.15, 0.2) is 12.2 Å². The van der Waals surface area contributed by atoms with Crippen molar-refractivity contribution in [1.29, 1.82) is 0 Å². The van der Waals surface area contributed by atoms with E-state index < -0.39 is 0 Å². The van der Waals surface area contributed by atoms with Crippen molar-refractivity contribution in [2.75, 3.05) is 20.7 Å². The summed E-state index contributed by atoms with van der Waals surface area (Å²) in [5.74, 6) is 0.909. The first-order valence-electron chi connectivity index (χ1n) is 6.92. The molecule has 0 aromatic carbocycles. The maximum atomic E-state index is 12.2. The lowest BCUT2D eigenvalue weighted by atomic mass is 9.70. The van der Waals surface area contributed by atoms with E-state index >= 15 is 0 Å². The summed E-state index contributed by atoms with van der Waals surface area (Å²) < 4.78 is 5.76. The van der Waals surface area contributed by atoms with E-state index in [-0.39, 0.29) is 17.9 Å². The fourth-order valence-corrected chi connectivity index (χ4v) is 3.60. The molecular formula is C14H22N2O2. The van der Waals surface area contributed by atoms with Crippen LogP contribution in [-0.2, 0) is 9.53 Å². The van der Waals surface area contributed by atoms with Gasteiger partial charge in [0.05, 0.1) is 18.2 Å². The van der Waals surface area contributed by atoms with Crippen molar-refractivity contribution < 1.29 is 9.53 Å². The fourth-order valence-electron chi connectivity index (χ4n) is 3.60. The van der Waals surface area contributed by atoms with Crippen LogP contribution in [0.3, 0.4) is 0 Å². The van der Waals surface area contributed by atoms with E-state index in [2.05, 4.69) is 36.5 Å². The number of carbonyl (C=O) groups is 1. The zero-order valence-electron chi connectivity index (χ0n) is 11.1. The highest BCUT2D eigenvalue weighted by molar-refractivity contribution is 5.80. The van der Waals surface area contributed by atoms with Gasteiger partial charge in [0.2, 0.25) is 5.91 Å². The van der Waals surface area contributed by atoms with E-state index in [9.17, 15) is 4.79 Å². The van der Waals surface area contributed by atoms with Gasteiger partial charge in [-0.25, -0.2) is 0 Å². The maximum Gasteiger partial charge on any atom is 0.224 e. The summed E-state index contributed by atoms with van der Waals surface area (Å²) in [5, 5.41) is 3.26. The molecule has 0 bridgehead atoms. The second-order valence-electron chi connectivity index (χ2n) is 5.92. The van der Waals surface area contributed by atoms with E-state index in [0.29, 0.717) is 18.1 Å². The fraction of sp³-hybridized carbons (Fsp3) is 0.786. The molecule has 2 fully saturated rings. The van der Waals surface area contributed by atoms with Crippen LogP contribution in [0.4, 0.5) is 0 Å². The number of amides is 1. The molecule has 0 unspecified atom stereocenters. The van der Waals surface area contributed by atoms with Crippen LogP contribution in [0.1, 0.15) is 19.3 Å². The highest BCUT2D eigenvalue weighted by Crippen LogP contribution is 2.41. The van der Waals surface area contributed by atoms with Gasteiger partial charge in [-0.3, -0.25) is 4.79 Å². The van der Waals surface area contributed by atoms with Gasteiger partial charge in [-0.05, 0) is 33.4 Å². The summed E-state index contributed by atoms with van der Waals surface area (Å²) in [6.45, 7) is 0.844. The third-order valence-corrected chi connectivity index (χ3v) is 4.63. The van der Waals surface area contributed by atoms with Crippen LogP contribution in [0.25, 0.3) is 0 Å². The molecule has 0 aromatic rings. The Morgan fingerprint density at radius 3 is 2.72 bits per heavy atom. The summed E-state index contributed by atoms with van der Waals surface area (Å²) in [6.07, 6.45) is 7.42. The van der Waals surface area contributed by atoms with Crippen LogP contribution in [-0.4, -0.2) is 49.7 Å². The van der Waals surface area contributed by atoms with Crippen LogP contribution < -0.4 is 5.32 Å². The average molecular weight is 250 g/mol. The van der Waals surface area contributed by atoms with Crippen molar-refractivity contribution in [2.24, 2.45) is 11.8 Å². The van der Waals surface area contributed by atoms with Gasteiger partial charge in [0, 0.05) is 18.4 Å². The maximum absolute atomic E-state index is 12.2. The molecule has 1 saturated carbocycles. The number of nitrogens with one attached hydrogen (secondary N) is 1. The highest BCUT2D eigenvalue weighted by atomic mass is 16.5. The number of nitrogens with zero attached hydrogens (tertiary/aromatic N) is 1. The predicted octanol–water partition coefficient (Wildman–Crippen LogP) is 0.786. The first-order chi connectivity index (χ1) is 8.68. The van der Waals surface area contributed by atoms with Gasteiger partial charge in [-0.2, -0.15) is 0 Å². The molecule has 4 nitrogen and oxygen atoms in total. The van der Waals surface area contributed by atoms with Crippen molar-refractivity contribution in [3.05, 3.63) is 12.2 Å². The number of fused-ring (bicyclic) bond motifs is 1. The van der Waals surface area contributed by atoms with E-state index in [1.54, 1.807) is 0 Å². The molecule has 2 aliphatic carbocycles. The Bertz CT molecular complexity index is 359.